The van der Waals surface area contributed by atoms with Crippen LogP contribution in [0.4, 0.5) is 5.69 Å². The van der Waals surface area contributed by atoms with E-state index in [1.807, 2.05) is 24.3 Å². The van der Waals surface area contributed by atoms with Crippen molar-refractivity contribution in [2.24, 2.45) is 5.73 Å². The number of nitrogens with two attached hydrogens (primary N) is 1. The molecule has 0 spiro atoms. The summed E-state index contributed by atoms with van der Waals surface area (Å²) in [5.41, 5.74) is 5.90. The Hall–Kier alpha value is -0.770. The molecule has 3 N–H and O–H groups in total. The first kappa shape index (κ1) is 10.7. The Balaban J connectivity index is 2.11. The number of halogens is 1. The number of anilines is 1. The number of aliphatic hydroxyl groups is 1. The lowest BCUT2D eigenvalue weighted by Crippen LogP contribution is -2.40. The van der Waals surface area contributed by atoms with Gasteiger partial charge in [-0.05, 0) is 30.7 Å². The van der Waals surface area contributed by atoms with Gasteiger partial charge in [0.2, 0.25) is 0 Å². The molecule has 1 aliphatic rings. The fourth-order valence-electron chi connectivity index (χ4n) is 1.90. The third kappa shape index (κ3) is 2.25. The average Bonchev–Trinajstić information content (AvgIpc) is 2.63. The van der Waals surface area contributed by atoms with E-state index in [2.05, 4.69) is 4.90 Å². The first-order valence-electron chi connectivity index (χ1n) is 5.06. The lowest BCUT2D eigenvalue weighted by Gasteiger charge is -2.22. The maximum absolute atomic E-state index is 9.99. The number of hydrogen-bond acceptors (Lipinski definition) is 3. The van der Waals surface area contributed by atoms with Crippen LogP contribution < -0.4 is 10.6 Å². The Labute approximate surface area is 94.4 Å². The number of nitrogens with zero attached hydrogens (tertiary/aromatic N) is 1. The summed E-state index contributed by atoms with van der Waals surface area (Å²) in [4.78, 5) is 2.13. The van der Waals surface area contributed by atoms with Crippen LogP contribution >= 0.6 is 11.6 Å². The molecular weight excluding hydrogens is 212 g/mol. The highest BCUT2D eigenvalue weighted by molar-refractivity contribution is 6.30. The zero-order valence-electron chi connectivity index (χ0n) is 8.49. The summed E-state index contributed by atoms with van der Waals surface area (Å²) in [6.07, 6.45) is 0.728. The van der Waals surface area contributed by atoms with E-state index in [1.54, 1.807) is 0 Å². The maximum Gasteiger partial charge on any atom is 0.0959 e. The van der Waals surface area contributed by atoms with Gasteiger partial charge in [0, 0.05) is 30.3 Å². The van der Waals surface area contributed by atoms with E-state index in [1.165, 1.54) is 0 Å². The van der Waals surface area contributed by atoms with Crippen LogP contribution in [-0.4, -0.2) is 30.3 Å². The van der Waals surface area contributed by atoms with Crippen molar-refractivity contribution in [2.45, 2.75) is 12.0 Å². The van der Waals surface area contributed by atoms with Crippen LogP contribution in [-0.2, 0) is 0 Å². The molecule has 4 heteroatoms. The molecule has 2 rings (SSSR count). The smallest absolute Gasteiger partial charge is 0.0959 e. The fraction of sp³-hybridized carbons (Fsp3) is 0.455. The third-order valence-corrected chi connectivity index (χ3v) is 3.16. The number of benzene rings is 1. The van der Waals surface area contributed by atoms with Crippen molar-refractivity contribution in [1.82, 2.24) is 0 Å². The van der Waals surface area contributed by atoms with Gasteiger partial charge < -0.3 is 15.7 Å². The van der Waals surface area contributed by atoms with Crippen LogP contribution in [0.3, 0.4) is 0 Å². The molecule has 1 unspecified atom stereocenters. The van der Waals surface area contributed by atoms with Crippen molar-refractivity contribution in [3.63, 3.8) is 0 Å². The largest absolute Gasteiger partial charge is 0.387 e. The predicted octanol–water partition coefficient (Wildman–Crippen LogP) is 1.24. The first-order valence-corrected chi connectivity index (χ1v) is 5.44. The van der Waals surface area contributed by atoms with Gasteiger partial charge in [0.1, 0.15) is 0 Å². The number of β-amino-alcohol motifs (C(OH)–C–C–N with tert-alkyl or cyclic N) is 1. The molecule has 0 saturated carbocycles. The molecule has 0 aliphatic carbocycles. The Morgan fingerprint density at radius 3 is 2.60 bits per heavy atom. The zero-order valence-corrected chi connectivity index (χ0v) is 9.24. The van der Waals surface area contributed by atoms with E-state index in [9.17, 15) is 5.11 Å². The van der Waals surface area contributed by atoms with Crippen molar-refractivity contribution >= 4 is 17.3 Å². The molecule has 1 aromatic carbocycles. The van der Waals surface area contributed by atoms with Crippen molar-refractivity contribution in [1.29, 1.82) is 0 Å². The zero-order chi connectivity index (χ0) is 10.9. The van der Waals surface area contributed by atoms with Gasteiger partial charge in [-0.2, -0.15) is 0 Å². The molecule has 82 valence electrons. The minimum atomic E-state index is -0.723. The molecule has 15 heavy (non-hydrogen) atoms. The van der Waals surface area contributed by atoms with Crippen LogP contribution in [0, 0.1) is 0 Å². The lowest BCUT2D eigenvalue weighted by atomic mass is 10.0. The van der Waals surface area contributed by atoms with Crippen molar-refractivity contribution in [2.75, 3.05) is 24.5 Å². The topological polar surface area (TPSA) is 49.5 Å². The summed E-state index contributed by atoms with van der Waals surface area (Å²) in [6, 6.07) is 7.64. The van der Waals surface area contributed by atoms with Crippen molar-refractivity contribution in [3.8, 4) is 0 Å². The second-order valence-corrected chi connectivity index (χ2v) is 4.51. The van der Waals surface area contributed by atoms with E-state index in [-0.39, 0.29) is 0 Å². The second kappa shape index (κ2) is 4.00. The molecule has 1 aromatic rings. The van der Waals surface area contributed by atoms with E-state index in [0.717, 1.165) is 23.7 Å². The van der Waals surface area contributed by atoms with E-state index >= 15 is 0 Å². The van der Waals surface area contributed by atoms with Gasteiger partial charge in [0.25, 0.3) is 0 Å². The molecule has 1 saturated heterocycles. The van der Waals surface area contributed by atoms with Crippen LogP contribution in [0.25, 0.3) is 0 Å². The van der Waals surface area contributed by atoms with Gasteiger partial charge in [0.05, 0.1) is 5.60 Å². The van der Waals surface area contributed by atoms with E-state index in [4.69, 9.17) is 17.3 Å². The molecule has 0 radical (unpaired) electrons. The Bertz CT molecular complexity index is 341. The summed E-state index contributed by atoms with van der Waals surface area (Å²) in [6.45, 7) is 1.76. The molecular formula is C11H15ClN2O. The molecule has 1 atom stereocenters. The minimum Gasteiger partial charge on any atom is -0.387 e. The van der Waals surface area contributed by atoms with Crippen LogP contribution in [0.15, 0.2) is 24.3 Å². The molecule has 0 aromatic heterocycles. The second-order valence-electron chi connectivity index (χ2n) is 4.08. The summed E-state index contributed by atoms with van der Waals surface area (Å²) < 4.78 is 0. The quantitative estimate of drug-likeness (QED) is 0.798. The number of hydrogen-bond donors (Lipinski definition) is 2. The Morgan fingerprint density at radius 2 is 2.07 bits per heavy atom. The molecule has 1 fully saturated rings. The summed E-state index contributed by atoms with van der Waals surface area (Å²) in [5.74, 6) is 0. The number of rotatable bonds is 2. The van der Waals surface area contributed by atoms with Gasteiger partial charge in [-0.15, -0.1) is 0 Å². The third-order valence-electron chi connectivity index (χ3n) is 2.90. The molecule has 0 amide bonds. The van der Waals surface area contributed by atoms with Crippen molar-refractivity contribution < 1.29 is 5.11 Å². The van der Waals surface area contributed by atoms with E-state index < -0.39 is 5.60 Å². The average molecular weight is 227 g/mol. The highest BCUT2D eigenvalue weighted by Crippen LogP contribution is 2.26. The van der Waals surface area contributed by atoms with E-state index in [0.29, 0.717) is 13.1 Å². The van der Waals surface area contributed by atoms with Crippen molar-refractivity contribution in [3.05, 3.63) is 29.3 Å². The maximum atomic E-state index is 9.99. The van der Waals surface area contributed by atoms with Gasteiger partial charge in [-0.3, -0.25) is 0 Å². The highest BCUT2D eigenvalue weighted by atomic mass is 35.5. The molecule has 1 aliphatic heterocycles. The van der Waals surface area contributed by atoms with Gasteiger partial charge >= 0.3 is 0 Å². The molecule has 0 bridgehead atoms. The molecule has 1 heterocycles. The van der Waals surface area contributed by atoms with Crippen LogP contribution in [0.5, 0.6) is 0 Å². The lowest BCUT2D eigenvalue weighted by molar-refractivity contribution is 0.0726. The molecule has 3 nitrogen and oxygen atoms in total. The van der Waals surface area contributed by atoms with Gasteiger partial charge in [-0.25, -0.2) is 0 Å². The normalized spacial score (nSPS) is 25.9. The van der Waals surface area contributed by atoms with Crippen LogP contribution in [0.2, 0.25) is 5.02 Å². The van der Waals surface area contributed by atoms with Crippen LogP contribution in [0.1, 0.15) is 6.42 Å². The highest BCUT2D eigenvalue weighted by Gasteiger charge is 2.34. The van der Waals surface area contributed by atoms with Gasteiger partial charge in [0.15, 0.2) is 0 Å². The SMILES string of the molecule is NCC1(O)CCN(c2ccc(Cl)cc2)C1. The first-order chi connectivity index (χ1) is 7.13. The van der Waals surface area contributed by atoms with Gasteiger partial charge in [-0.1, -0.05) is 11.6 Å². The fourth-order valence-corrected chi connectivity index (χ4v) is 2.02. The Morgan fingerprint density at radius 1 is 1.40 bits per heavy atom. The minimum absolute atomic E-state index is 0.317. The summed E-state index contributed by atoms with van der Waals surface area (Å²) >= 11 is 5.81. The predicted molar refractivity (Wildman–Crippen MR) is 62.3 cm³/mol. The summed E-state index contributed by atoms with van der Waals surface area (Å²) in [7, 11) is 0. The standard InChI is InChI=1S/C11H15ClN2O/c12-9-1-3-10(4-2-9)14-6-5-11(15,7-13)8-14/h1-4,15H,5-8,13H2. The Kier molecular flexibility index (Phi) is 2.87. The monoisotopic (exact) mass is 226 g/mol. The summed E-state index contributed by atoms with van der Waals surface area (Å²) in [5, 5.41) is 10.7.